The van der Waals surface area contributed by atoms with Crippen LogP contribution in [-0.2, 0) is 32.6 Å². The number of carbonyl (C=O) groups is 3. The van der Waals surface area contributed by atoms with Gasteiger partial charge in [0.1, 0.15) is 17.5 Å². The van der Waals surface area contributed by atoms with Gasteiger partial charge in [-0.1, -0.05) is 79.7 Å². The average molecular weight is 534 g/mol. The third-order valence-corrected chi connectivity index (χ3v) is 8.45. The molecule has 38 heavy (non-hydrogen) atoms. The van der Waals surface area contributed by atoms with Crippen LogP contribution in [0.25, 0.3) is 0 Å². The molecule has 0 radical (unpaired) electrons. The molecule has 3 aromatic rings. The molecule has 198 valence electrons. The Morgan fingerprint density at radius 3 is 2.08 bits per heavy atom. The number of sulfonamides is 1. The monoisotopic (exact) mass is 533 g/mol. The zero-order valence-electron chi connectivity index (χ0n) is 21.4. The van der Waals surface area contributed by atoms with Crippen LogP contribution in [0.1, 0.15) is 41.8 Å². The predicted molar refractivity (Wildman–Crippen MR) is 143 cm³/mol. The molecule has 4 rings (SSSR count). The number of benzene rings is 3. The number of nitrogens with one attached hydrogen (secondary N) is 1. The van der Waals surface area contributed by atoms with E-state index in [-0.39, 0.29) is 35.4 Å². The number of amides is 3. The molecular weight excluding hydrogens is 502 g/mol. The number of hydrogen-bond acceptors (Lipinski definition) is 5. The maximum Gasteiger partial charge on any atom is 0.269 e. The van der Waals surface area contributed by atoms with Crippen molar-refractivity contribution in [1.82, 2.24) is 14.5 Å². The Kier molecular flexibility index (Phi) is 8.26. The lowest BCUT2D eigenvalue weighted by Crippen LogP contribution is -2.54. The molecule has 1 aliphatic heterocycles. The third-order valence-electron chi connectivity index (χ3n) is 6.66. The van der Waals surface area contributed by atoms with Gasteiger partial charge < -0.3 is 10.2 Å². The van der Waals surface area contributed by atoms with Crippen molar-refractivity contribution in [3.8, 4) is 0 Å². The summed E-state index contributed by atoms with van der Waals surface area (Å²) in [5, 5.41) is 2.97. The van der Waals surface area contributed by atoms with E-state index >= 15 is 0 Å². The van der Waals surface area contributed by atoms with Crippen molar-refractivity contribution in [1.29, 1.82) is 0 Å². The molecule has 9 heteroatoms. The maximum atomic E-state index is 13.9. The summed E-state index contributed by atoms with van der Waals surface area (Å²) in [4.78, 5) is 41.7. The number of rotatable bonds is 10. The van der Waals surface area contributed by atoms with Gasteiger partial charge in [0.25, 0.3) is 15.9 Å². The summed E-state index contributed by atoms with van der Waals surface area (Å²) in [6.45, 7) is 3.20. The van der Waals surface area contributed by atoms with Crippen molar-refractivity contribution in [2.24, 2.45) is 0 Å². The first kappa shape index (κ1) is 27.1. The van der Waals surface area contributed by atoms with Crippen molar-refractivity contribution in [3.63, 3.8) is 0 Å². The van der Waals surface area contributed by atoms with E-state index < -0.39 is 34.4 Å². The lowest BCUT2D eigenvalue weighted by atomic mass is 10.0. The van der Waals surface area contributed by atoms with Gasteiger partial charge >= 0.3 is 0 Å². The summed E-state index contributed by atoms with van der Waals surface area (Å²) < 4.78 is 26.9. The first-order chi connectivity index (χ1) is 18.2. The van der Waals surface area contributed by atoms with E-state index in [1.54, 1.807) is 6.07 Å². The van der Waals surface area contributed by atoms with Gasteiger partial charge in [-0.2, -0.15) is 0 Å². The minimum Gasteiger partial charge on any atom is -0.352 e. The van der Waals surface area contributed by atoms with Crippen LogP contribution in [0.5, 0.6) is 0 Å². The van der Waals surface area contributed by atoms with Gasteiger partial charge in [-0.3, -0.25) is 14.4 Å². The van der Waals surface area contributed by atoms with Gasteiger partial charge in [0, 0.05) is 19.0 Å². The van der Waals surface area contributed by atoms with Crippen LogP contribution in [0.15, 0.2) is 89.8 Å². The molecule has 0 aromatic heterocycles. The Labute approximate surface area is 223 Å². The number of fused-ring (bicyclic) bond motifs is 1. The second-order valence-electron chi connectivity index (χ2n) is 9.34. The summed E-state index contributed by atoms with van der Waals surface area (Å²) in [6.07, 6.45) is 0.928. The molecule has 3 aromatic carbocycles. The van der Waals surface area contributed by atoms with E-state index in [4.69, 9.17) is 0 Å². The molecule has 8 nitrogen and oxygen atoms in total. The molecule has 0 bridgehead atoms. The van der Waals surface area contributed by atoms with Gasteiger partial charge in [0.05, 0.1) is 5.56 Å². The average Bonchev–Trinajstić information content (AvgIpc) is 3.12. The van der Waals surface area contributed by atoms with Crippen molar-refractivity contribution >= 4 is 27.7 Å². The lowest BCUT2D eigenvalue weighted by molar-refractivity contribution is -0.141. The zero-order chi connectivity index (χ0) is 27.3. The Morgan fingerprint density at radius 2 is 1.47 bits per heavy atom. The zero-order valence-corrected chi connectivity index (χ0v) is 22.2. The highest BCUT2D eigenvalue weighted by Crippen LogP contribution is 2.30. The maximum absolute atomic E-state index is 13.9. The topological polar surface area (TPSA) is 104 Å². The van der Waals surface area contributed by atoms with Crippen LogP contribution in [0.4, 0.5) is 0 Å². The first-order valence-corrected chi connectivity index (χ1v) is 14.0. The second-order valence-corrected chi connectivity index (χ2v) is 11.2. The van der Waals surface area contributed by atoms with Gasteiger partial charge in [0.15, 0.2) is 0 Å². The van der Waals surface area contributed by atoms with E-state index in [2.05, 4.69) is 5.32 Å². The summed E-state index contributed by atoms with van der Waals surface area (Å²) >= 11 is 0. The fraction of sp³-hybridized carbons (Fsp3) is 0.276. The second kappa shape index (κ2) is 11.6. The van der Waals surface area contributed by atoms with Crippen LogP contribution in [-0.4, -0.2) is 54.0 Å². The molecule has 1 heterocycles. The Hall–Kier alpha value is -3.98. The molecule has 1 aliphatic rings. The minimum absolute atomic E-state index is 0.0326. The van der Waals surface area contributed by atoms with E-state index in [0.717, 1.165) is 11.1 Å². The molecule has 0 fully saturated rings. The highest BCUT2D eigenvalue weighted by atomic mass is 32.2. The quantitative estimate of drug-likeness (QED) is 0.430. The summed E-state index contributed by atoms with van der Waals surface area (Å²) in [6, 6.07) is 23.3. The van der Waals surface area contributed by atoms with Gasteiger partial charge in [-0.25, -0.2) is 12.7 Å². The number of nitrogens with zero attached hydrogens (tertiary/aromatic N) is 2. The van der Waals surface area contributed by atoms with Crippen LogP contribution in [0.2, 0.25) is 0 Å². The third kappa shape index (κ3) is 5.78. The summed E-state index contributed by atoms with van der Waals surface area (Å²) in [5.74, 6) is -1.73. The van der Waals surface area contributed by atoms with Crippen molar-refractivity contribution in [2.45, 2.75) is 50.2 Å². The number of carbonyl (C=O) groups excluding carboxylic acids is 3. The smallest absolute Gasteiger partial charge is 0.269 e. The van der Waals surface area contributed by atoms with Crippen LogP contribution in [0.3, 0.4) is 0 Å². The summed E-state index contributed by atoms with van der Waals surface area (Å²) in [7, 11) is -4.19. The predicted octanol–water partition coefficient (Wildman–Crippen LogP) is 3.39. The van der Waals surface area contributed by atoms with Crippen LogP contribution >= 0.6 is 0 Å². The molecule has 1 N–H and O–H groups in total. The Morgan fingerprint density at radius 1 is 0.895 bits per heavy atom. The van der Waals surface area contributed by atoms with Crippen LogP contribution in [0, 0.1) is 0 Å². The molecule has 0 spiro atoms. The van der Waals surface area contributed by atoms with Crippen molar-refractivity contribution in [3.05, 3.63) is 102 Å². The molecule has 0 unspecified atom stereocenters. The minimum atomic E-state index is -4.19. The molecule has 2 atom stereocenters. The van der Waals surface area contributed by atoms with E-state index in [9.17, 15) is 22.8 Å². The normalized spacial score (nSPS) is 15.4. The van der Waals surface area contributed by atoms with Crippen molar-refractivity contribution < 1.29 is 22.8 Å². The molecule has 3 amide bonds. The van der Waals surface area contributed by atoms with E-state index in [1.807, 2.05) is 74.5 Å². The van der Waals surface area contributed by atoms with Crippen LogP contribution < -0.4 is 5.32 Å². The fourth-order valence-electron chi connectivity index (χ4n) is 4.38. The highest BCUT2D eigenvalue weighted by Gasteiger charge is 2.43. The first-order valence-electron chi connectivity index (χ1n) is 12.6. The largest absolute Gasteiger partial charge is 0.352 e. The molecule has 0 saturated heterocycles. The standard InChI is InChI=1S/C29H31N3O5S/c1-3-21(2)30-28(34)25(18-22-12-6-4-7-13-22)31(19-23-14-8-5-9-15-23)27(33)20-32-29(35)24-16-10-11-17-26(24)38(32,36)37/h4-17,21,25H,3,18-20H2,1-2H3,(H,30,34)/t21-,25-/m0/s1. The fourth-order valence-corrected chi connectivity index (χ4v) is 5.89. The van der Waals surface area contributed by atoms with Gasteiger partial charge in [0.2, 0.25) is 11.8 Å². The Bertz CT molecular complexity index is 1410. The molecular formula is C29H31N3O5S. The van der Waals surface area contributed by atoms with Gasteiger partial charge in [-0.05, 0) is 36.6 Å². The van der Waals surface area contributed by atoms with E-state index in [1.165, 1.54) is 23.1 Å². The molecule has 0 aliphatic carbocycles. The highest BCUT2D eigenvalue weighted by molar-refractivity contribution is 7.90. The lowest BCUT2D eigenvalue weighted by Gasteiger charge is -2.33. The molecule has 0 saturated carbocycles. The Balaban J connectivity index is 1.70. The van der Waals surface area contributed by atoms with Gasteiger partial charge in [-0.15, -0.1) is 0 Å². The SMILES string of the molecule is CC[C@H](C)NC(=O)[C@H](Cc1ccccc1)N(Cc1ccccc1)C(=O)CN1C(=O)c2ccccc2S1(=O)=O. The summed E-state index contributed by atoms with van der Waals surface area (Å²) in [5.41, 5.74) is 1.65. The number of hydrogen-bond donors (Lipinski definition) is 1. The van der Waals surface area contributed by atoms with E-state index in [0.29, 0.717) is 10.7 Å². The van der Waals surface area contributed by atoms with Crippen molar-refractivity contribution in [2.75, 3.05) is 6.54 Å².